The molecular formula is C20H27ClN4. The maximum Gasteiger partial charge on any atom is 0.150 e. The van der Waals surface area contributed by atoms with Gasteiger partial charge >= 0.3 is 0 Å². The molecule has 5 heteroatoms. The average molecular weight is 359 g/mol. The first kappa shape index (κ1) is 18.2. The molecule has 0 radical (unpaired) electrons. The summed E-state index contributed by atoms with van der Waals surface area (Å²) >= 11 is 6.30. The number of hydrogen-bond acceptors (Lipinski definition) is 4. The minimum Gasteiger partial charge on any atom is -0.357 e. The van der Waals surface area contributed by atoms with Crippen LogP contribution in [-0.2, 0) is 0 Å². The Bertz CT molecular complexity index is 722. The van der Waals surface area contributed by atoms with Gasteiger partial charge in [0.05, 0.1) is 17.4 Å². The van der Waals surface area contributed by atoms with Gasteiger partial charge in [-0.1, -0.05) is 30.7 Å². The summed E-state index contributed by atoms with van der Waals surface area (Å²) in [5.41, 5.74) is 9.07. The molecular weight excluding hydrogens is 332 g/mol. The van der Waals surface area contributed by atoms with Gasteiger partial charge in [-0.25, -0.2) is 4.99 Å². The fourth-order valence-electron chi connectivity index (χ4n) is 3.61. The Labute approximate surface area is 155 Å². The number of nitrogens with two attached hydrogens (primary N) is 1. The van der Waals surface area contributed by atoms with Gasteiger partial charge in [-0.15, -0.1) is 0 Å². The summed E-state index contributed by atoms with van der Waals surface area (Å²) in [6.07, 6.45) is 6.51. The van der Waals surface area contributed by atoms with Crippen molar-refractivity contribution in [1.29, 1.82) is 0 Å². The van der Waals surface area contributed by atoms with E-state index in [4.69, 9.17) is 27.3 Å². The molecule has 0 fully saturated rings. The van der Waals surface area contributed by atoms with E-state index < -0.39 is 0 Å². The van der Waals surface area contributed by atoms with Crippen LogP contribution >= 0.6 is 11.6 Å². The lowest BCUT2D eigenvalue weighted by Gasteiger charge is -2.30. The van der Waals surface area contributed by atoms with Crippen molar-refractivity contribution in [3.8, 4) is 0 Å². The quantitative estimate of drug-likeness (QED) is 0.806. The number of nitrogens with zero attached hydrogens (tertiary/aromatic N) is 3. The molecule has 4 nitrogen and oxygen atoms in total. The molecule has 134 valence electrons. The van der Waals surface area contributed by atoms with Crippen LogP contribution in [0.2, 0.25) is 5.02 Å². The maximum absolute atomic E-state index is 6.30. The molecule has 1 aromatic carbocycles. The number of aliphatic imine (C=N–C) groups is 2. The van der Waals surface area contributed by atoms with E-state index in [0.29, 0.717) is 18.4 Å². The summed E-state index contributed by atoms with van der Waals surface area (Å²) in [6.45, 7) is 5.76. The largest absolute Gasteiger partial charge is 0.357 e. The minimum absolute atomic E-state index is 0.244. The second-order valence-corrected chi connectivity index (χ2v) is 7.56. The topological polar surface area (TPSA) is 54.0 Å². The lowest BCUT2D eigenvalue weighted by Crippen LogP contribution is -2.40. The van der Waals surface area contributed by atoms with Gasteiger partial charge in [0.1, 0.15) is 0 Å². The zero-order valence-corrected chi connectivity index (χ0v) is 16.0. The molecule has 2 heterocycles. The molecule has 0 saturated heterocycles. The van der Waals surface area contributed by atoms with Crippen molar-refractivity contribution in [1.82, 2.24) is 4.90 Å². The van der Waals surface area contributed by atoms with Crippen molar-refractivity contribution in [3.05, 3.63) is 40.9 Å². The van der Waals surface area contributed by atoms with Gasteiger partial charge in [-0.05, 0) is 43.5 Å². The molecule has 3 atom stereocenters. The summed E-state index contributed by atoms with van der Waals surface area (Å²) in [5.74, 6) is 1.57. The fraction of sp³-hybridized carbons (Fsp3) is 0.500. The molecule has 25 heavy (non-hydrogen) atoms. The first-order valence-electron chi connectivity index (χ1n) is 9.03. The van der Waals surface area contributed by atoms with Crippen molar-refractivity contribution in [2.45, 2.75) is 38.6 Å². The van der Waals surface area contributed by atoms with Crippen LogP contribution in [-0.4, -0.2) is 42.6 Å². The van der Waals surface area contributed by atoms with Crippen molar-refractivity contribution >= 4 is 28.8 Å². The highest BCUT2D eigenvalue weighted by Gasteiger charge is 2.28. The van der Waals surface area contributed by atoms with E-state index in [1.165, 1.54) is 5.56 Å². The van der Waals surface area contributed by atoms with Gasteiger partial charge in [0.2, 0.25) is 0 Å². The van der Waals surface area contributed by atoms with Gasteiger partial charge in [-0.3, -0.25) is 4.99 Å². The van der Waals surface area contributed by atoms with E-state index in [1.54, 1.807) is 0 Å². The van der Waals surface area contributed by atoms with Crippen LogP contribution in [0.4, 0.5) is 5.69 Å². The molecule has 0 amide bonds. The number of halogens is 1. The third-order valence-corrected chi connectivity index (χ3v) is 5.19. The number of amidine groups is 1. The van der Waals surface area contributed by atoms with Gasteiger partial charge in [0, 0.05) is 37.0 Å². The first-order valence-corrected chi connectivity index (χ1v) is 9.41. The monoisotopic (exact) mass is 358 g/mol. The Morgan fingerprint density at radius 1 is 1.32 bits per heavy atom. The molecule has 3 rings (SSSR count). The van der Waals surface area contributed by atoms with Crippen molar-refractivity contribution in [2.75, 3.05) is 20.1 Å². The van der Waals surface area contributed by atoms with Crippen molar-refractivity contribution < 1.29 is 0 Å². The average Bonchev–Trinajstić information content (AvgIpc) is 2.61. The highest BCUT2D eigenvalue weighted by molar-refractivity contribution is 6.42. The molecule has 0 aliphatic carbocycles. The first-order chi connectivity index (χ1) is 12.0. The lowest BCUT2D eigenvalue weighted by molar-refractivity contribution is 0.515. The molecule has 2 aliphatic heterocycles. The van der Waals surface area contributed by atoms with Gasteiger partial charge < -0.3 is 10.6 Å². The number of rotatable bonds is 2. The standard InChI is InChI=1S/C20H27ClN4/c1-13-11-15-6-4-5-14(2)23-19(13)20(25(3)10-9-22)24-18-8-7-16(21)12-17(15)18/h4,6-8,12-15H,5,9-11,22H2,1-3H3. The molecule has 0 spiro atoms. The van der Waals surface area contributed by atoms with E-state index in [9.17, 15) is 0 Å². The maximum atomic E-state index is 6.30. The second-order valence-electron chi connectivity index (χ2n) is 7.12. The summed E-state index contributed by atoms with van der Waals surface area (Å²) < 4.78 is 0. The van der Waals surface area contributed by atoms with Crippen molar-refractivity contribution in [3.63, 3.8) is 0 Å². The number of allylic oxidation sites excluding steroid dienone is 1. The molecule has 3 unspecified atom stereocenters. The highest BCUT2D eigenvalue weighted by atomic mass is 35.5. The van der Waals surface area contributed by atoms with Crippen LogP contribution in [0.3, 0.4) is 0 Å². The van der Waals surface area contributed by atoms with Crippen LogP contribution in [0.15, 0.2) is 40.3 Å². The number of hydrogen-bond donors (Lipinski definition) is 1. The zero-order chi connectivity index (χ0) is 18.0. The van der Waals surface area contributed by atoms with Gasteiger partial charge in [0.25, 0.3) is 0 Å². The predicted molar refractivity (Wildman–Crippen MR) is 107 cm³/mol. The Morgan fingerprint density at radius 3 is 2.88 bits per heavy atom. The number of benzene rings is 1. The van der Waals surface area contributed by atoms with Crippen LogP contribution in [0.5, 0.6) is 0 Å². The Hall–Kier alpha value is -1.65. The van der Waals surface area contributed by atoms with Crippen molar-refractivity contribution in [2.24, 2.45) is 21.6 Å². The predicted octanol–water partition coefficient (Wildman–Crippen LogP) is 4.17. The number of fused-ring (bicyclic) bond motifs is 5. The Kier molecular flexibility index (Phi) is 5.60. The fourth-order valence-corrected chi connectivity index (χ4v) is 3.79. The highest BCUT2D eigenvalue weighted by Crippen LogP contribution is 2.38. The van der Waals surface area contributed by atoms with Gasteiger partial charge in [-0.2, -0.15) is 0 Å². The normalized spacial score (nSPS) is 25.7. The number of likely N-dealkylation sites (N-methyl/N-ethyl adjacent to an activating group) is 1. The van der Waals surface area contributed by atoms with E-state index >= 15 is 0 Å². The minimum atomic E-state index is 0.244. The molecule has 2 N–H and O–H groups in total. The van der Waals surface area contributed by atoms with E-state index in [1.807, 2.05) is 19.2 Å². The summed E-state index contributed by atoms with van der Waals surface area (Å²) in [7, 11) is 2.05. The van der Waals surface area contributed by atoms with Crippen LogP contribution in [0, 0.1) is 5.92 Å². The molecule has 1 aromatic rings. The summed E-state index contributed by atoms with van der Waals surface area (Å²) in [5, 5.41) is 0.759. The molecule has 0 aromatic heterocycles. The van der Waals surface area contributed by atoms with Gasteiger partial charge in [0.15, 0.2) is 5.84 Å². The van der Waals surface area contributed by atoms with Crippen LogP contribution in [0.1, 0.15) is 38.2 Å². The van der Waals surface area contributed by atoms with E-state index in [2.05, 4.69) is 37.0 Å². The van der Waals surface area contributed by atoms with Crippen LogP contribution in [0.25, 0.3) is 0 Å². The van der Waals surface area contributed by atoms with Crippen LogP contribution < -0.4 is 5.73 Å². The third kappa shape index (κ3) is 3.96. The molecule has 2 bridgehead atoms. The zero-order valence-electron chi connectivity index (χ0n) is 15.2. The SMILES string of the molecule is CC1CC=CC2CC(C)C(=N1)C(N(C)CCN)=Nc1ccc(Cl)cc12. The second kappa shape index (κ2) is 7.71. The smallest absolute Gasteiger partial charge is 0.150 e. The van der Waals surface area contributed by atoms with E-state index in [-0.39, 0.29) is 6.04 Å². The lowest BCUT2D eigenvalue weighted by atomic mass is 9.84. The molecule has 2 aliphatic rings. The summed E-state index contributed by atoms with van der Waals surface area (Å²) in [6, 6.07) is 6.24. The Morgan fingerprint density at radius 2 is 2.12 bits per heavy atom. The Balaban J connectivity index is 2.23. The molecule has 0 saturated carbocycles. The van der Waals surface area contributed by atoms with E-state index in [0.717, 1.165) is 41.6 Å². The third-order valence-electron chi connectivity index (χ3n) is 4.95. The summed E-state index contributed by atoms with van der Waals surface area (Å²) in [4.78, 5) is 12.2.